The highest BCUT2D eigenvalue weighted by atomic mass is 32.1. The van der Waals surface area contributed by atoms with Crippen LogP contribution >= 0.6 is 11.5 Å². The van der Waals surface area contributed by atoms with E-state index >= 15 is 0 Å². The van der Waals surface area contributed by atoms with Crippen molar-refractivity contribution in [1.82, 2.24) is 9.59 Å². The standard InChI is InChI=1S/C12H13N3OS/c13-12(11-7-14-15-17-11)8-2-1-3-10(6-8)16-9-4-5-9/h1-3,6-7,9,12H,4-5,13H2. The SMILES string of the molecule is NC(c1cccc(OC2CC2)c1)c1cnns1. The van der Waals surface area contributed by atoms with Crippen molar-refractivity contribution in [3.63, 3.8) is 0 Å². The lowest BCUT2D eigenvalue weighted by Crippen LogP contribution is -2.10. The Kier molecular flexibility index (Phi) is 2.78. The largest absolute Gasteiger partial charge is 0.490 e. The predicted octanol–water partition coefficient (Wildman–Crippen LogP) is 2.13. The molecule has 4 nitrogen and oxygen atoms in total. The van der Waals surface area contributed by atoms with Gasteiger partial charge in [-0.2, -0.15) is 0 Å². The van der Waals surface area contributed by atoms with Gasteiger partial charge in [-0.25, -0.2) is 0 Å². The van der Waals surface area contributed by atoms with Gasteiger partial charge in [-0.1, -0.05) is 16.6 Å². The second-order valence-electron chi connectivity index (χ2n) is 4.19. The van der Waals surface area contributed by atoms with Crippen LogP contribution in [-0.4, -0.2) is 15.7 Å². The van der Waals surface area contributed by atoms with E-state index in [4.69, 9.17) is 10.5 Å². The molecule has 0 spiro atoms. The van der Waals surface area contributed by atoms with Gasteiger partial charge in [-0.15, -0.1) is 5.10 Å². The first-order valence-electron chi connectivity index (χ1n) is 5.62. The van der Waals surface area contributed by atoms with Crippen LogP contribution in [0, 0.1) is 0 Å². The molecule has 2 N–H and O–H groups in total. The third kappa shape index (κ3) is 2.45. The summed E-state index contributed by atoms with van der Waals surface area (Å²) in [4.78, 5) is 0.966. The molecule has 1 saturated carbocycles. The average molecular weight is 247 g/mol. The van der Waals surface area contributed by atoms with E-state index < -0.39 is 0 Å². The van der Waals surface area contributed by atoms with Crippen molar-refractivity contribution < 1.29 is 4.74 Å². The Labute approximate surface area is 104 Å². The molecule has 17 heavy (non-hydrogen) atoms. The second-order valence-corrected chi connectivity index (χ2v) is 5.00. The predicted molar refractivity (Wildman–Crippen MR) is 66.0 cm³/mol. The van der Waals surface area contributed by atoms with Crippen LogP contribution in [0.1, 0.15) is 29.3 Å². The minimum absolute atomic E-state index is 0.169. The van der Waals surface area contributed by atoms with E-state index in [-0.39, 0.29) is 6.04 Å². The van der Waals surface area contributed by atoms with Gasteiger partial charge < -0.3 is 10.5 Å². The molecular weight excluding hydrogens is 234 g/mol. The van der Waals surface area contributed by atoms with Gasteiger partial charge in [0.15, 0.2) is 0 Å². The fourth-order valence-corrected chi connectivity index (χ4v) is 2.17. The quantitative estimate of drug-likeness (QED) is 0.899. The molecule has 3 rings (SSSR count). The fourth-order valence-electron chi connectivity index (χ4n) is 1.64. The number of benzene rings is 1. The molecule has 1 fully saturated rings. The van der Waals surface area contributed by atoms with E-state index in [2.05, 4.69) is 9.59 Å². The normalized spacial score (nSPS) is 16.8. The lowest BCUT2D eigenvalue weighted by Gasteiger charge is -2.11. The van der Waals surface area contributed by atoms with Crippen molar-refractivity contribution in [2.45, 2.75) is 25.0 Å². The van der Waals surface area contributed by atoms with Crippen molar-refractivity contribution >= 4 is 11.5 Å². The Morgan fingerprint density at radius 1 is 1.41 bits per heavy atom. The van der Waals surface area contributed by atoms with Gasteiger partial charge in [0.1, 0.15) is 5.75 Å². The lowest BCUT2D eigenvalue weighted by molar-refractivity contribution is 0.303. The first-order valence-corrected chi connectivity index (χ1v) is 6.40. The number of rotatable bonds is 4. The Morgan fingerprint density at radius 3 is 3.00 bits per heavy atom. The van der Waals surface area contributed by atoms with Crippen molar-refractivity contribution in [3.05, 3.63) is 40.9 Å². The molecule has 1 heterocycles. The zero-order chi connectivity index (χ0) is 11.7. The van der Waals surface area contributed by atoms with Gasteiger partial charge in [-0.3, -0.25) is 0 Å². The summed E-state index contributed by atoms with van der Waals surface area (Å²) in [7, 11) is 0. The lowest BCUT2D eigenvalue weighted by atomic mass is 10.1. The topological polar surface area (TPSA) is 61.0 Å². The summed E-state index contributed by atoms with van der Waals surface area (Å²) in [6.45, 7) is 0. The van der Waals surface area contributed by atoms with Crippen LogP contribution in [-0.2, 0) is 0 Å². The van der Waals surface area contributed by atoms with Gasteiger partial charge in [0.05, 0.1) is 23.2 Å². The van der Waals surface area contributed by atoms with Crippen LogP contribution in [0.2, 0.25) is 0 Å². The second kappa shape index (κ2) is 4.43. The number of nitrogens with zero attached hydrogens (tertiary/aromatic N) is 2. The van der Waals surface area contributed by atoms with Crippen LogP contribution in [0.3, 0.4) is 0 Å². The molecule has 2 aromatic rings. The molecule has 0 amide bonds. The van der Waals surface area contributed by atoms with Gasteiger partial charge in [0.25, 0.3) is 0 Å². The third-order valence-electron chi connectivity index (χ3n) is 2.73. The summed E-state index contributed by atoms with van der Waals surface area (Å²) >= 11 is 1.33. The molecule has 1 aliphatic carbocycles. The molecule has 1 atom stereocenters. The number of ether oxygens (including phenoxy) is 1. The smallest absolute Gasteiger partial charge is 0.120 e. The Balaban J connectivity index is 1.81. The summed E-state index contributed by atoms with van der Waals surface area (Å²) in [6, 6.07) is 7.78. The summed E-state index contributed by atoms with van der Waals surface area (Å²) < 4.78 is 9.58. The molecule has 0 radical (unpaired) electrons. The molecule has 1 aromatic heterocycles. The number of hydrogen-bond acceptors (Lipinski definition) is 5. The van der Waals surface area contributed by atoms with Crippen molar-refractivity contribution in [2.24, 2.45) is 5.73 Å². The monoisotopic (exact) mass is 247 g/mol. The zero-order valence-corrected chi connectivity index (χ0v) is 10.1. The van der Waals surface area contributed by atoms with Crippen LogP contribution in [0.15, 0.2) is 30.5 Å². The van der Waals surface area contributed by atoms with Gasteiger partial charge >= 0.3 is 0 Å². The van der Waals surface area contributed by atoms with Gasteiger partial charge in [0, 0.05) is 0 Å². The highest BCUT2D eigenvalue weighted by Crippen LogP contribution is 2.29. The zero-order valence-electron chi connectivity index (χ0n) is 9.24. The molecule has 88 valence electrons. The molecule has 1 aromatic carbocycles. The van der Waals surface area contributed by atoms with E-state index in [1.165, 1.54) is 11.5 Å². The summed E-state index contributed by atoms with van der Waals surface area (Å²) in [6.07, 6.45) is 4.44. The molecular formula is C12H13N3OS. The first kappa shape index (κ1) is 10.7. The maximum atomic E-state index is 6.15. The molecule has 1 aliphatic rings. The number of aromatic nitrogens is 2. The van der Waals surface area contributed by atoms with E-state index in [9.17, 15) is 0 Å². The van der Waals surface area contributed by atoms with Gasteiger partial charge in [-0.05, 0) is 42.1 Å². The van der Waals surface area contributed by atoms with Crippen molar-refractivity contribution in [1.29, 1.82) is 0 Å². The van der Waals surface area contributed by atoms with Gasteiger partial charge in [0.2, 0.25) is 0 Å². The van der Waals surface area contributed by atoms with Crippen molar-refractivity contribution in [3.8, 4) is 5.75 Å². The first-order chi connectivity index (χ1) is 8.33. The Bertz CT molecular complexity index is 496. The van der Waals surface area contributed by atoms with Crippen LogP contribution in [0.4, 0.5) is 0 Å². The highest BCUT2D eigenvalue weighted by Gasteiger charge is 2.23. The summed E-state index contributed by atoms with van der Waals surface area (Å²) in [5, 5.41) is 3.81. The summed E-state index contributed by atoms with van der Waals surface area (Å²) in [5.74, 6) is 0.901. The summed E-state index contributed by atoms with van der Waals surface area (Å²) in [5.41, 5.74) is 7.19. The Morgan fingerprint density at radius 2 is 2.29 bits per heavy atom. The fraction of sp³-hybridized carbons (Fsp3) is 0.333. The molecule has 0 aliphatic heterocycles. The minimum atomic E-state index is -0.169. The molecule has 1 unspecified atom stereocenters. The van der Waals surface area contributed by atoms with E-state index in [1.54, 1.807) is 6.20 Å². The van der Waals surface area contributed by atoms with Crippen LogP contribution in [0.25, 0.3) is 0 Å². The number of nitrogens with two attached hydrogens (primary N) is 1. The minimum Gasteiger partial charge on any atom is -0.490 e. The Hall–Kier alpha value is -1.46. The third-order valence-corrected chi connectivity index (χ3v) is 3.48. The van der Waals surface area contributed by atoms with E-state index in [0.717, 1.165) is 29.0 Å². The average Bonchev–Trinajstić information content (AvgIpc) is 2.99. The maximum Gasteiger partial charge on any atom is 0.120 e. The van der Waals surface area contributed by atoms with Crippen LogP contribution < -0.4 is 10.5 Å². The molecule has 0 bridgehead atoms. The number of hydrogen-bond donors (Lipinski definition) is 1. The van der Waals surface area contributed by atoms with Crippen LogP contribution in [0.5, 0.6) is 5.75 Å². The highest BCUT2D eigenvalue weighted by molar-refractivity contribution is 7.05. The van der Waals surface area contributed by atoms with E-state index in [1.807, 2.05) is 24.3 Å². The van der Waals surface area contributed by atoms with E-state index in [0.29, 0.717) is 6.10 Å². The maximum absolute atomic E-state index is 6.15. The molecule has 0 saturated heterocycles. The molecule has 5 heteroatoms. The van der Waals surface area contributed by atoms with Crippen molar-refractivity contribution in [2.75, 3.05) is 0 Å².